The van der Waals surface area contributed by atoms with E-state index in [2.05, 4.69) is 10.3 Å². The molecule has 0 aliphatic heterocycles. The van der Waals surface area contributed by atoms with E-state index >= 15 is 0 Å². The minimum atomic E-state index is -0.117. The van der Waals surface area contributed by atoms with Gasteiger partial charge in [-0.05, 0) is 26.0 Å². The number of aryl methyl sites for hydroxylation is 1. The lowest BCUT2D eigenvalue weighted by molar-refractivity contribution is 0.489. The van der Waals surface area contributed by atoms with Gasteiger partial charge >= 0.3 is 0 Å². The topological polar surface area (TPSA) is 60.1 Å². The molecular formula is C12H15N3O2. The Labute approximate surface area is 99.1 Å². The normalized spacial score (nSPS) is 12.4. The third kappa shape index (κ3) is 2.38. The van der Waals surface area contributed by atoms with E-state index in [1.54, 1.807) is 23.2 Å². The van der Waals surface area contributed by atoms with Crippen LogP contribution in [0.15, 0.2) is 40.0 Å². The zero-order valence-corrected chi connectivity index (χ0v) is 9.88. The highest BCUT2D eigenvalue weighted by molar-refractivity contribution is 5.33. The fourth-order valence-electron chi connectivity index (χ4n) is 1.61. The molecule has 0 spiro atoms. The van der Waals surface area contributed by atoms with Crippen molar-refractivity contribution < 1.29 is 4.42 Å². The van der Waals surface area contributed by atoms with Crippen molar-refractivity contribution in [2.45, 2.75) is 26.4 Å². The van der Waals surface area contributed by atoms with E-state index in [1.807, 2.05) is 26.0 Å². The predicted molar refractivity (Wildman–Crippen MR) is 64.9 cm³/mol. The summed E-state index contributed by atoms with van der Waals surface area (Å²) in [7, 11) is 0. The van der Waals surface area contributed by atoms with Gasteiger partial charge in [0.15, 0.2) is 5.82 Å². The number of anilines is 1. The van der Waals surface area contributed by atoms with Gasteiger partial charge in [-0.2, -0.15) is 0 Å². The van der Waals surface area contributed by atoms with Gasteiger partial charge in [-0.1, -0.05) is 0 Å². The Balaban J connectivity index is 2.22. The van der Waals surface area contributed by atoms with E-state index in [-0.39, 0.29) is 11.6 Å². The van der Waals surface area contributed by atoms with Crippen molar-refractivity contribution in [2.24, 2.45) is 0 Å². The van der Waals surface area contributed by atoms with Crippen LogP contribution in [-0.4, -0.2) is 9.55 Å². The lowest BCUT2D eigenvalue weighted by atomic mass is 10.2. The molecule has 2 aromatic heterocycles. The summed E-state index contributed by atoms with van der Waals surface area (Å²) in [5.41, 5.74) is -0.117. The molecular weight excluding hydrogens is 218 g/mol. The largest absolute Gasteiger partial charge is 0.467 e. The molecule has 0 saturated heterocycles. The molecule has 0 saturated carbocycles. The molecule has 0 amide bonds. The molecule has 0 aromatic carbocycles. The Kier molecular flexibility index (Phi) is 3.27. The second-order valence-corrected chi connectivity index (χ2v) is 3.75. The molecule has 0 bridgehead atoms. The van der Waals surface area contributed by atoms with Gasteiger partial charge in [-0.3, -0.25) is 4.79 Å². The van der Waals surface area contributed by atoms with Crippen molar-refractivity contribution >= 4 is 5.82 Å². The molecule has 2 heterocycles. The van der Waals surface area contributed by atoms with E-state index in [0.29, 0.717) is 12.4 Å². The lowest BCUT2D eigenvalue weighted by Crippen LogP contribution is -2.24. The van der Waals surface area contributed by atoms with E-state index in [4.69, 9.17) is 4.42 Å². The van der Waals surface area contributed by atoms with Gasteiger partial charge in [-0.25, -0.2) is 4.98 Å². The highest BCUT2D eigenvalue weighted by atomic mass is 16.3. The van der Waals surface area contributed by atoms with Gasteiger partial charge in [0.2, 0.25) is 0 Å². The molecule has 1 unspecified atom stereocenters. The number of hydrogen-bond donors (Lipinski definition) is 1. The maximum atomic E-state index is 11.9. The van der Waals surface area contributed by atoms with Crippen molar-refractivity contribution in [1.82, 2.24) is 9.55 Å². The predicted octanol–water partition coefficient (Wildman–Crippen LogP) is 2.03. The Morgan fingerprint density at radius 3 is 3.06 bits per heavy atom. The maximum absolute atomic E-state index is 11.9. The fourth-order valence-corrected chi connectivity index (χ4v) is 1.61. The van der Waals surface area contributed by atoms with E-state index < -0.39 is 0 Å². The molecule has 0 fully saturated rings. The van der Waals surface area contributed by atoms with Gasteiger partial charge in [0, 0.05) is 18.9 Å². The average molecular weight is 233 g/mol. The van der Waals surface area contributed by atoms with Crippen molar-refractivity contribution in [3.63, 3.8) is 0 Å². The van der Waals surface area contributed by atoms with Gasteiger partial charge in [0.25, 0.3) is 5.56 Å². The number of aromatic nitrogens is 2. The highest BCUT2D eigenvalue weighted by Gasteiger charge is 2.11. The van der Waals surface area contributed by atoms with Crippen LogP contribution in [0.5, 0.6) is 0 Å². The van der Waals surface area contributed by atoms with Crippen molar-refractivity contribution in [2.75, 3.05) is 5.32 Å². The zero-order chi connectivity index (χ0) is 12.3. The van der Waals surface area contributed by atoms with Crippen LogP contribution in [-0.2, 0) is 6.54 Å². The maximum Gasteiger partial charge on any atom is 0.293 e. The third-order valence-electron chi connectivity index (χ3n) is 2.58. The molecule has 1 atom stereocenters. The first-order valence-electron chi connectivity index (χ1n) is 5.57. The molecule has 2 aromatic rings. The smallest absolute Gasteiger partial charge is 0.293 e. The molecule has 5 heteroatoms. The van der Waals surface area contributed by atoms with Crippen LogP contribution in [0.2, 0.25) is 0 Å². The van der Waals surface area contributed by atoms with Crippen LogP contribution in [0.4, 0.5) is 5.82 Å². The average Bonchev–Trinajstić information content (AvgIpc) is 2.85. The number of rotatable bonds is 4. The van der Waals surface area contributed by atoms with Gasteiger partial charge in [0.05, 0.1) is 12.3 Å². The summed E-state index contributed by atoms with van der Waals surface area (Å²) in [6, 6.07) is 3.59. The number of furan rings is 1. The van der Waals surface area contributed by atoms with Gasteiger partial charge in [-0.15, -0.1) is 0 Å². The molecule has 0 aliphatic carbocycles. The Morgan fingerprint density at radius 1 is 1.59 bits per heavy atom. The molecule has 2 rings (SSSR count). The first-order chi connectivity index (χ1) is 8.22. The van der Waals surface area contributed by atoms with Gasteiger partial charge < -0.3 is 14.3 Å². The van der Waals surface area contributed by atoms with Crippen LogP contribution in [0, 0.1) is 0 Å². The SMILES string of the molecule is CCn1ccnc(NC(C)c2ccco2)c1=O. The van der Waals surface area contributed by atoms with Crippen molar-refractivity contribution in [1.29, 1.82) is 0 Å². The highest BCUT2D eigenvalue weighted by Crippen LogP contribution is 2.15. The molecule has 17 heavy (non-hydrogen) atoms. The summed E-state index contributed by atoms with van der Waals surface area (Å²) in [6.07, 6.45) is 4.89. The van der Waals surface area contributed by atoms with E-state index in [1.165, 1.54) is 0 Å². The van der Waals surface area contributed by atoms with Crippen molar-refractivity contribution in [3.8, 4) is 0 Å². The molecule has 0 radical (unpaired) electrons. The summed E-state index contributed by atoms with van der Waals surface area (Å²) in [5.74, 6) is 1.12. The third-order valence-corrected chi connectivity index (χ3v) is 2.58. The zero-order valence-electron chi connectivity index (χ0n) is 9.88. The lowest BCUT2D eigenvalue weighted by Gasteiger charge is -2.12. The second kappa shape index (κ2) is 4.86. The van der Waals surface area contributed by atoms with Crippen LogP contribution in [0.25, 0.3) is 0 Å². The van der Waals surface area contributed by atoms with Crippen LogP contribution in [0.3, 0.4) is 0 Å². The Bertz CT molecular complexity index is 531. The summed E-state index contributed by atoms with van der Waals surface area (Å²) in [5, 5.41) is 3.05. The monoisotopic (exact) mass is 233 g/mol. The van der Waals surface area contributed by atoms with Crippen molar-refractivity contribution in [3.05, 3.63) is 46.9 Å². The molecule has 90 valence electrons. The Morgan fingerprint density at radius 2 is 2.41 bits per heavy atom. The molecule has 1 N–H and O–H groups in total. The minimum Gasteiger partial charge on any atom is -0.467 e. The fraction of sp³-hybridized carbons (Fsp3) is 0.333. The van der Waals surface area contributed by atoms with E-state index in [9.17, 15) is 4.79 Å². The first-order valence-corrected chi connectivity index (χ1v) is 5.57. The number of hydrogen-bond acceptors (Lipinski definition) is 4. The van der Waals surface area contributed by atoms with E-state index in [0.717, 1.165) is 5.76 Å². The number of nitrogens with zero attached hydrogens (tertiary/aromatic N) is 2. The second-order valence-electron chi connectivity index (χ2n) is 3.75. The standard InChI is InChI=1S/C12H15N3O2/c1-3-15-7-6-13-11(12(15)16)14-9(2)10-5-4-8-17-10/h4-9H,3H2,1-2H3,(H,13,14). The summed E-state index contributed by atoms with van der Waals surface area (Å²) in [6.45, 7) is 4.47. The van der Waals surface area contributed by atoms with Crippen LogP contribution >= 0.6 is 0 Å². The first kappa shape index (κ1) is 11.4. The molecule has 5 nitrogen and oxygen atoms in total. The summed E-state index contributed by atoms with van der Waals surface area (Å²) >= 11 is 0. The summed E-state index contributed by atoms with van der Waals surface area (Å²) < 4.78 is 6.87. The van der Waals surface area contributed by atoms with Crippen LogP contribution < -0.4 is 10.9 Å². The van der Waals surface area contributed by atoms with Gasteiger partial charge in [0.1, 0.15) is 5.76 Å². The summed E-state index contributed by atoms with van der Waals surface area (Å²) in [4.78, 5) is 16.0. The van der Waals surface area contributed by atoms with Crippen LogP contribution in [0.1, 0.15) is 25.6 Å². The number of nitrogens with one attached hydrogen (secondary N) is 1. The minimum absolute atomic E-state index is 0.0853. The quantitative estimate of drug-likeness (QED) is 0.877. The Hall–Kier alpha value is -2.04. The molecule has 0 aliphatic rings.